The lowest BCUT2D eigenvalue weighted by Gasteiger charge is -2.25. The van der Waals surface area contributed by atoms with Gasteiger partial charge in [-0.15, -0.1) is 11.3 Å². The number of amides is 1. The summed E-state index contributed by atoms with van der Waals surface area (Å²) in [6.07, 6.45) is -6.28. The van der Waals surface area contributed by atoms with Crippen LogP contribution in [0.15, 0.2) is 42.5 Å². The van der Waals surface area contributed by atoms with Crippen molar-refractivity contribution in [2.24, 2.45) is 0 Å². The summed E-state index contributed by atoms with van der Waals surface area (Å²) >= 11 is 7.37. The molecule has 0 saturated carbocycles. The predicted octanol–water partition coefficient (Wildman–Crippen LogP) is 6.49. The fraction of sp³-hybridized carbons (Fsp3) is 0.286. The molecule has 1 amide bonds. The van der Waals surface area contributed by atoms with Gasteiger partial charge in [-0.3, -0.25) is 0 Å². The Morgan fingerprint density at radius 2 is 1.79 bits per heavy atom. The summed E-state index contributed by atoms with van der Waals surface area (Å²) in [6, 6.07) is 8.82. The van der Waals surface area contributed by atoms with Crippen molar-refractivity contribution in [1.29, 1.82) is 0 Å². The van der Waals surface area contributed by atoms with Crippen LogP contribution in [-0.2, 0) is 27.7 Å². The monoisotopic (exact) mass is 538 g/mol. The van der Waals surface area contributed by atoms with Crippen molar-refractivity contribution in [3.05, 3.63) is 64.4 Å². The highest BCUT2D eigenvalue weighted by molar-refractivity contribution is 7.91. The van der Waals surface area contributed by atoms with Crippen LogP contribution in [-0.4, -0.2) is 20.1 Å². The van der Waals surface area contributed by atoms with E-state index in [2.05, 4.69) is 0 Å². The minimum atomic E-state index is -4.99. The van der Waals surface area contributed by atoms with Crippen LogP contribution in [0.3, 0.4) is 0 Å². The van der Waals surface area contributed by atoms with Gasteiger partial charge in [-0.05, 0) is 44.5 Å². The molecule has 1 aromatic heterocycles. The molecule has 1 heterocycles. The van der Waals surface area contributed by atoms with Gasteiger partial charge in [0.25, 0.3) is 0 Å². The highest BCUT2D eigenvalue weighted by atomic mass is 35.5. The molecule has 0 bridgehead atoms. The van der Waals surface area contributed by atoms with E-state index >= 15 is 0 Å². The Morgan fingerprint density at radius 1 is 1.15 bits per heavy atom. The first-order chi connectivity index (χ1) is 15.6. The number of benzene rings is 2. The number of carbonyl (C=O) groups excluding carboxylic acids is 1. The van der Waals surface area contributed by atoms with E-state index in [0.717, 1.165) is 17.4 Å². The van der Waals surface area contributed by atoms with Crippen LogP contribution in [0.2, 0.25) is 5.02 Å². The van der Waals surface area contributed by atoms with Gasteiger partial charge in [0.1, 0.15) is 16.4 Å². The Hall–Kier alpha value is -2.57. The fourth-order valence-electron chi connectivity index (χ4n) is 2.94. The van der Waals surface area contributed by atoms with Crippen LogP contribution in [0.1, 0.15) is 31.9 Å². The zero-order valence-corrected chi connectivity index (χ0v) is 20.4. The number of rotatable bonds is 5. The number of alkyl halides is 3. The molecule has 0 unspecified atom stereocenters. The average molecular weight is 539 g/mol. The molecule has 0 saturated heterocycles. The van der Waals surface area contributed by atoms with Gasteiger partial charge < -0.3 is 4.74 Å². The SMILES string of the molecule is CC(C)(C)OC(=O)NS(=O)(=O)N(Cc1ccc(F)c(C(F)(F)F)c1)c1sc2ccccc2c1Cl. The molecule has 13 heteroatoms. The molecule has 3 aromatic rings. The van der Waals surface area contributed by atoms with E-state index in [9.17, 15) is 30.8 Å². The summed E-state index contributed by atoms with van der Waals surface area (Å²) in [5, 5.41) is 0.488. The van der Waals surface area contributed by atoms with Gasteiger partial charge in [0.2, 0.25) is 0 Å². The quantitative estimate of drug-likeness (QED) is 0.377. The van der Waals surface area contributed by atoms with Gasteiger partial charge in [0.15, 0.2) is 0 Å². The third-order valence-electron chi connectivity index (χ3n) is 4.31. The minimum absolute atomic E-state index is 0.0216. The van der Waals surface area contributed by atoms with E-state index in [4.69, 9.17) is 16.3 Å². The van der Waals surface area contributed by atoms with Crippen LogP contribution >= 0.6 is 22.9 Å². The molecule has 0 atom stereocenters. The number of ether oxygens (including phenoxy) is 1. The lowest BCUT2D eigenvalue weighted by atomic mass is 10.1. The Labute approximate surface area is 202 Å². The number of hydrogen-bond acceptors (Lipinski definition) is 5. The summed E-state index contributed by atoms with van der Waals surface area (Å²) in [5.74, 6) is -1.50. The molecule has 34 heavy (non-hydrogen) atoms. The highest BCUT2D eigenvalue weighted by Gasteiger charge is 2.35. The largest absolute Gasteiger partial charge is 0.443 e. The van der Waals surface area contributed by atoms with Crippen molar-refractivity contribution in [2.45, 2.75) is 39.1 Å². The van der Waals surface area contributed by atoms with Gasteiger partial charge in [-0.2, -0.15) is 21.6 Å². The zero-order valence-electron chi connectivity index (χ0n) is 18.0. The summed E-state index contributed by atoms with van der Waals surface area (Å²) in [4.78, 5) is 12.2. The maximum atomic E-state index is 13.7. The lowest BCUT2D eigenvalue weighted by molar-refractivity contribution is -0.140. The van der Waals surface area contributed by atoms with Crippen molar-refractivity contribution in [3.8, 4) is 0 Å². The Balaban J connectivity index is 2.09. The first kappa shape index (κ1) is 26.0. The number of anilines is 1. The maximum Gasteiger partial charge on any atom is 0.422 e. The molecule has 0 aliphatic heterocycles. The predicted molar refractivity (Wildman–Crippen MR) is 123 cm³/mol. The van der Waals surface area contributed by atoms with Gasteiger partial charge >= 0.3 is 22.5 Å². The molecule has 0 fully saturated rings. The van der Waals surface area contributed by atoms with Crippen LogP contribution in [0.5, 0.6) is 0 Å². The smallest absolute Gasteiger partial charge is 0.422 e. The van der Waals surface area contributed by atoms with Crippen LogP contribution in [0, 0.1) is 5.82 Å². The summed E-state index contributed by atoms with van der Waals surface area (Å²) in [6.45, 7) is 3.90. The number of halogens is 5. The average Bonchev–Trinajstić information content (AvgIpc) is 3.00. The van der Waals surface area contributed by atoms with Crippen LogP contribution < -0.4 is 9.03 Å². The van der Waals surface area contributed by atoms with Crippen LogP contribution in [0.4, 0.5) is 27.4 Å². The first-order valence-electron chi connectivity index (χ1n) is 9.64. The third-order valence-corrected chi connectivity index (χ3v) is 7.43. The third kappa shape index (κ3) is 5.91. The molecule has 3 rings (SSSR count). The molecule has 6 nitrogen and oxygen atoms in total. The molecule has 0 aliphatic rings. The van der Waals surface area contributed by atoms with E-state index in [0.29, 0.717) is 26.5 Å². The Bertz CT molecular complexity index is 1330. The standard InChI is InChI=1S/C21H19ClF4N2O4S2/c1-20(2,3)32-19(29)27-34(30,31)28(18-17(22)13-6-4-5-7-16(13)33-18)11-12-8-9-15(23)14(10-12)21(24,25)26/h4-10H,11H2,1-3H3,(H,27,29). The number of fused-ring (bicyclic) bond motifs is 1. The van der Waals surface area contributed by atoms with E-state index < -0.39 is 46.0 Å². The number of carbonyl (C=O) groups is 1. The van der Waals surface area contributed by atoms with Crippen molar-refractivity contribution in [2.75, 3.05) is 4.31 Å². The molecule has 2 aromatic carbocycles. The first-order valence-corrected chi connectivity index (χ1v) is 12.3. The summed E-state index contributed by atoms with van der Waals surface area (Å²) < 4.78 is 87.7. The molecule has 0 radical (unpaired) electrons. The lowest BCUT2D eigenvalue weighted by Crippen LogP contribution is -2.45. The molecule has 1 N–H and O–H groups in total. The molecule has 184 valence electrons. The summed E-state index contributed by atoms with van der Waals surface area (Å²) in [5.41, 5.74) is -2.75. The van der Waals surface area contributed by atoms with Gasteiger partial charge in [0, 0.05) is 10.1 Å². The maximum absolute atomic E-state index is 13.7. The van der Waals surface area contributed by atoms with E-state index in [1.54, 1.807) is 29.0 Å². The summed E-state index contributed by atoms with van der Waals surface area (Å²) in [7, 11) is -4.71. The van der Waals surface area contributed by atoms with Crippen molar-refractivity contribution < 1.29 is 35.5 Å². The topological polar surface area (TPSA) is 75.7 Å². The van der Waals surface area contributed by atoms with E-state index in [1.165, 1.54) is 20.8 Å². The van der Waals surface area contributed by atoms with Crippen molar-refractivity contribution in [1.82, 2.24) is 4.72 Å². The molecular weight excluding hydrogens is 520 g/mol. The fourth-order valence-corrected chi connectivity index (χ4v) is 5.83. The van der Waals surface area contributed by atoms with Gasteiger partial charge in [-0.25, -0.2) is 18.2 Å². The van der Waals surface area contributed by atoms with E-state index in [-0.39, 0.29) is 15.6 Å². The van der Waals surface area contributed by atoms with Crippen molar-refractivity contribution >= 4 is 54.3 Å². The van der Waals surface area contributed by atoms with Crippen LogP contribution in [0.25, 0.3) is 10.1 Å². The second-order valence-corrected chi connectivity index (χ2v) is 11.1. The van der Waals surface area contributed by atoms with Gasteiger partial charge in [-0.1, -0.05) is 35.9 Å². The minimum Gasteiger partial charge on any atom is -0.443 e. The number of hydrogen-bond donors (Lipinski definition) is 1. The number of thiophene rings is 1. The number of nitrogens with zero attached hydrogens (tertiary/aromatic N) is 1. The highest BCUT2D eigenvalue weighted by Crippen LogP contribution is 2.43. The Morgan fingerprint density at radius 3 is 2.38 bits per heavy atom. The second kappa shape index (κ2) is 9.23. The molecular formula is C21H19ClF4N2O4S2. The zero-order chi connectivity index (χ0) is 25.5. The number of nitrogens with one attached hydrogen (secondary N) is 1. The van der Waals surface area contributed by atoms with Crippen molar-refractivity contribution in [3.63, 3.8) is 0 Å². The molecule has 0 spiro atoms. The van der Waals surface area contributed by atoms with Gasteiger partial charge in [0.05, 0.1) is 17.1 Å². The molecule has 0 aliphatic carbocycles. The van der Waals surface area contributed by atoms with E-state index in [1.807, 2.05) is 0 Å². The Kier molecular flexibility index (Phi) is 7.07. The second-order valence-electron chi connectivity index (χ2n) is 8.14. The normalized spacial score (nSPS) is 12.6.